The number of carbonyl (C=O) groups excluding carboxylic acids is 1. The average molecular weight is 265 g/mol. The van der Waals surface area contributed by atoms with Gasteiger partial charge in [-0.25, -0.2) is 4.98 Å². The molecule has 0 aliphatic rings. The van der Waals surface area contributed by atoms with E-state index >= 15 is 0 Å². The SMILES string of the molecule is CCC(CC)(NC(=O)c1cnc(C)cn1)C(N)=NO. The highest BCUT2D eigenvalue weighted by molar-refractivity contribution is 5.99. The Labute approximate surface area is 111 Å². The summed E-state index contributed by atoms with van der Waals surface area (Å²) in [6.07, 6.45) is 3.92. The molecule has 0 radical (unpaired) electrons. The lowest BCUT2D eigenvalue weighted by atomic mass is 9.91. The molecule has 0 spiro atoms. The zero-order chi connectivity index (χ0) is 14.5. The van der Waals surface area contributed by atoms with E-state index in [1.165, 1.54) is 12.4 Å². The number of nitrogens with zero attached hydrogens (tertiary/aromatic N) is 3. The highest BCUT2D eigenvalue weighted by Crippen LogP contribution is 2.16. The van der Waals surface area contributed by atoms with Crippen LogP contribution in [0.15, 0.2) is 17.5 Å². The van der Waals surface area contributed by atoms with Crippen molar-refractivity contribution in [2.24, 2.45) is 10.9 Å². The quantitative estimate of drug-likeness (QED) is 0.315. The van der Waals surface area contributed by atoms with Crippen LogP contribution >= 0.6 is 0 Å². The Morgan fingerprint density at radius 1 is 1.42 bits per heavy atom. The summed E-state index contributed by atoms with van der Waals surface area (Å²) < 4.78 is 0. The normalized spacial score (nSPS) is 12.3. The van der Waals surface area contributed by atoms with Crippen LogP contribution in [0.1, 0.15) is 42.9 Å². The van der Waals surface area contributed by atoms with Crippen LogP contribution in [0.3, 0.4) is 0 Å². The molecular weight excluding hydrogens is 246 g/mol. The van der Waals surface area contributed by atoms with Gasteiger partial charge in [0.2, 0.25) is 0 Å². The molecule has 7 nitrogen and oxygen atoms in total. The number of carbonyl (C=O) groups is 1. The predicted molar refractivity (Wildman–Crippen MR) is 71.0 cm³/mol. The maximum Gasteiger partial charge on any atom is 0.272 e. The zero-order valence-corrected chi connectivity index (χ0v) is 11.3. The molecule has 1 amide bonds. The molecule has 0 fully saturated rings. The van der Waals surface area contributed by atoms with E-state index in [0.29, 0.717) is 12.8 Å². The molecule has 0 saturated heterocycles. The molecule has 1 aromatic heterocycles. The predicted octanol–water partition coefficient (Wildman–Crippen LogP) is 0.820. The number of aromatic nitrogens is 2. The van der Waals surface area contributed by atoms with Gasteiger partial charge in [-0.05, 0) is 19.8 Å². The van der Waals surface area contributed by atoms with Crippen molar-refractivity contribution in [3.05, 3.63) is 23.8 Å². The van der Waals surface area contributed by atoms with Gasteiger partial charge >= 0.3 is 0 Å². The van der Waals surface area contributed by atoms with Gasteiger partial charge in [0.1, 0.15) is 11.2 Å². The lowest BCUT2D eigenvalue weighted by Crippen LogP contribution is -2.57. The Hall–Kier alpha value is -2.18. The summed E-state index contributed by atoms with van der Waals surface area (Å²) in [7, 11) is 0. The zero-order valence-electron chi connectivity index (χ0n) is 11.3. The molecule has 0 aliphatic heterocycles. The summed E-state index contributed by atoms with van der Waals surface area (Å²) in [5, 5.41) is 14.6. The van der Waals surface area contributed by atoms with Gasteiger partial charge < -0.3 is 16.3 Å². The highest BCUT2D eigenvalue weighted by Gasteiger charge is 2.33. The number of oxime groups is 1. The van der Waals surface area contributed by atoms with E-state index in [4.69, 9.17) is 10.9 Å². The molecule has 104 valence electrons. The molecule has 0 bridgehead atoms. The number of amides is 1. The van der Waals surface area contributed by atoms with Gasteiger partial charge in [0, 0.05) is 6.20 Å². The molecular formula is C12H19N5O2. The summed E-state index contributed by atoms with van der Waals surface area (Å²) in [5.74, 6) is -0.422. The molecule has 7 heteroatoms. The van der Waals surface area contributed by atoms with Gasteiger partial charge in [-0.15, -0.1) is 0 Å². The Morgan fingerprint density at radius 2 is 2.05 bits per heavy atom. The van der Waals surface area contributed by atoms with Gasteiger partial charge in [-0.3, -0.25) is 9.78 Å². The Kier molecular flexibility index (Phi) is 4.80. The van der Waals surface area contributed by atoms with Crippen molar-refractivity contribution in [2.75, 3.05) is 0 Å². The topological polar surface area (TPSA) is 113 Å². The Morgan fingerprint density at radius 3 is 2.47 bits per heavy atom. The molecule has 19 heavy (non-hydrogen) atoms. The summed E-state index contributed by atoms with van der Waals surface area (Å²) >= 11 is 0. The summed E-state index contributed by atoms with van der Waals surface area (Å²) in [6.45, 7) is 5.48. The van der Waals surface area contributed by atoms with Crippen molar-refractivity contribution < 1.29 is 10.0 Å². The van der Waals surface area contributed by atoms with Crippen LogP contribution in [-0.2, 0) is 0 Å². The number of aryl methyl sites for hydroxylation is 1. The lowest BCUT2D eigenvalue weighted by Gasteiger charge is -2.31. The molecule has 4 N–H and O–H groups in total. The fourth-order valence-electron chi connectivity index (χ4n) is 1.74. The van der Waals surface area contributed by atoms with E-state index < -0.39 is 11.4 Å². The monoisotopic (exact) mass is 265 g/mol. The average Bonchev–Trinajstić information content (AvgIpc) is 2.44. The first-order chi connectivity index (χ1) is 8.99. The van der Waals surface area contributed by atoms with Crippen molar-refractivity contribution in [1.29, 1.82) is 0 Å². The first-order valence-electron chi connectivity index (χ1n) is 6.08. The Bertz CT molecular complexity index is 466. The van der Waals surface area contributed by atoms with E-state index in [9.17, 15) is 4.79 Å². The fraction of sp³-hybridized carbons (Fsp3) is 0.500. The van der Waals surface area contributed by atoms with Crippen LogP contribution in [-0.4, -0.2) is 32.5 Å². The van der Waals surface area contributed by atoms with Crippen LogP contribution in [0, 0.1) is 6.92 Å². The van der Waals surface area contributed by atoms with Gasteiger partial charge in [0.25, 0.3) is 5.91 Å². The van der Waals surface area contributed by atoms with Crippen LogP contribution in [0.4, 0.5) is 0 Å². The second kappa shape index (κ2) is 6.12. The number of hydrogen-bond acceptors (Lipinski definition) is 5. The van der Waals surface area contributed by atoms with E-state index in [2.05, 4.69) is 20.4 Å². The summed E-state index contributed by atoms with van der Waals surface area (Å²) in [6, 6.07) is 0. The maximum atomic E-state index is 12.1. The van der Waals surface area contributed by atoms with Crippen LogP contribution in [0.5, 0.6) is 0 Å². The minimum absolute atomic E-state index is 0.0223. The summed E-state index contributed by atoms with van der Waals surface area (Å²) in [4.78, 5) is 20.1. The lowest BCUT2D eigenvalue weighted by molar-refractivity contribution is 0.0912. The van der Waals surface area contributed by atoms with Crippen molar-refractivity contribution in [2.45, 2.75) is 39.2 Å². The maximum absolute atomic E-state index is 12.1. The largest absolute Gasteiger partial charge is 0.409 e. The number of nitrogens with two attached hydrogens (primary N) is 1. The molecule has 1 heterocycles. The van der Waals surface area contributed by atoms with E-state index in [1.807, 2.05) is 13.8 Å². The second-order valence-electron chi connectivity index (χ2n) is 4.27. The van der Waals surface area contributed by atoms with E-state index in [0.717, 1.165) is 5.69 Å². The highest BCUT2D eigenvalue weighted by atomic mass is 16.4. The number of amidine groups is 1. The van der Waals surface area contributed by atoms with Crippen molar-refractivity contribution in [1.82, 2.24) is 15.3 Å². The van der Waals surface area contributed by atoms with Gasteiger partial charge in [0.15, 0.2) is 5.84 Å². The van der Waals surface area contributed by atoms with Gasteiger partial charge in [-0.2, -0.15) is 0 Å². The number of hydrogen-bond donors (Lipinski definition) is 3. The molecule has 0 atom stereocenters. The Balaban J connectivity index is 2.97. The smallest absolute Gasteiger partial charge is 0.272 e. The minimum Gasteiger partial charge on any atom is -0.409 e. The van der Waals surface area contributed by atoms with Gasteiger partial charge in [-0.1, -0.05) is 19.0 Å². The molecule has 0 aromatic carbocycles. The summed E-state index contributed by atoms with van der Waals surface area (Å²) in [5.41, 5.74) is 5.72. The van der Waals surface area contributed by atoms with E-state index in [1.54, 1.807) is 6.92 Å². The molecule has 0 saturated carbocycles. The van der Waals surface area contributed by atoms with Crippen molar-refractivity contribution in [3.8, 4) is 0 Å². The number of nitrogens with one attached hydrogen (secondary N) is 1. The molecule has 0 unspecified atom stereocenters. The molecule has 0 aliphatic carbocycles. The van der Waals surface area contributed by atoms with Crippen molar-refractivity contribution >= 4 is 11.7 Å². The molecule has 1 rings (SSSR count). The van der Waals surface area contributed by atoms with Crippen LogP contribution in [0.25, 0.3) is 0 Å². The third-order valence-corrected chi connectivity index (χ3v) is 3.17. The molecule has 1 aromatic rings. The third-order valence-electron chi connectivity index (χ3n) is 3.17. The van der Waals surface area contributed by atoms with Gasteiger partial charge in [0.05, 0.1) is 11.9 Å². The standard InChI is InChI=1S/C12H19N5O2/c1-4-12(5-2,11(13)17-19)16-10(18)9-7-14-8(3)6-15-9/h6-7,19H,4-5H2,1-3H3,(H2,13,17)(H,16,18). The first-order valence-corrected chi connectivity index (χ1v) is 6.08. The van der Waals surface area contributed by atoms with Crippen LogP contribution in [0.2, 0.25) is 0 Å². The minimum atomic E-state index is -0.877. The van der Waals surface area contributed by atoms with Crippen molar-refractivity contribution in [3.63, 3.8) is 0 Å². The van der Waals surface area contributed by atoms with E-state index in [-0.39, 0.29) is 11.5 Å². The second-order valence-corrected chi connectivity index (χ2v) is 4.27. The van der Waals surface area contributed by atoms with Crippen LogP contribution < -0.4 is 11.1 Å². The number of rotatable bonds is 5. The fourth-order valence-corrected chi connectivity index (χ4v) is 1.74. The first kappa shape index (κ1) is 14.9. The third kappa shape index (κ3) is 3.18.